The van der Waals surface area contributed by atoms with Crippen LogP contribution in [0.3, 0.4) is 0 Å². The summed E-state index contributed by atoms with van der Waals surface area (Å²) in [6, 6.07) is 4.79. The molecule has 0 saturated heterocycles. The van der Waals surface area contributed by atoms with Crippen molar-refractivity contribution in [2.24, 2.45) is 11.7 Å². The average molecular weight is 261 g/mol. The summed E-state index contributed by atoms with van der Waals surface area (Å²) in [5.41, 5.74) is 8.79. The molecule has 2 aromatic rings. The third-order valence-electron chi connectivity index (χ3n) is 3.52. The van der Waals surface area contributed by atoms with Crippen LogP contribution >= 0.6 is 0 Å². The maximum atomic E-state index is 13.2. The number of imidazole rings is 1. The normalized spacial score (nSPS) is 12.9. The lowest BCUT2D eigenvalue weighted by Crippen LogP contribution is -2.20. The van der Waals surface area contributed by atoms with Crippen molar-refractivity contribution in [3.05, 3.63) is 47.8 Å². The fourth-order valence-electron chi connectivity index (χ4n) is 2.40. The predicted octanol–water partition coefficient (Wildman–Crippen LogP) is 3.02. The minimum absolute atomic E-state index is 0.220. The van der Waals surface area contributed by atoms with Crippen LogP contribution in [-0.4, -0.2) is 16.1 Å². The Morgan fingerprint density at radius 2 is 2.11 bits per heavy atom. The molecular weight excluding hydrogens is 241 g/mol. The molecule has 0 spiro atoms. The Labute approximate surface area is 113 Å². The number of aryl methyl sites for hydroxylation is 1. The van der Waals surface area contributed by atoms with Gasteiger partial charge in [0.15, 0.2) is 0 Å². The Morgan fingerprint density at radius 3 is 2.68 bits per heavy atom. The molecule has 3 nitrogen and oxygen atoms in total. The number of aromatic nitrogens is 2. The second-order valence-corrected chi connectivity index (χ2v) is 5.21. The van der Waals surface area contributed by atoms with Gasteiger partial charge in [-0.15, -0.1) is 0 Å². The van der Waals surface area contributed by atoms with Gasteiger partial charge in [0, 0.05) is 30.0 Å². The summed E-state index contributed by atoms with van der Waals surface area (Å²) >= 11 is 0. The monoisotopic (exact) mass is 261 g/mol. The van der Waals surface area contributed by atoms with Crippen LogP contribution < -0.4 is 5.73 Å². The maximum absolute atomic E-state index is 13.2. The Balaban J connectivity index is 2.49. The molecule has 1 aromatic heterocycles. The van der Waals surface area contributed by atoms with Crippen LogP contribution in [0.1, 0.15) is 31.0 Å². The van der Waals surface area contributed by atoms with Crippen LogP contribution in [0.15, 0.2) is 30.7 Å². The van der Waals surface area contributed by atoms with Crippen LogP contribution in [0.25, 0.3) is 5.69 Å². The van der Waals surface area contributed by atoms with E-state index in [-0.39, 0.29) is 11.7 Å². The van der Waals surface area contributed by atoms with Crippen molar-refractivity contribution in [3.63, 3.8) is 0 Å². The zero-order valence-electron chi connectivity index (χ0n) is 11.6. The van der Waals surface area contributed by atoms with Crippen molar-refractivity contribution in [2.75, 3.05) is 6.54 Å². The molecule has 0 aliphatic carbocycles. The highest BCUT2D eigenvalue weighted by Crippen LogP contribution is 2.26. The molecule has 1 atom stereocenters. The van der Waals surface area contributed by atoms with Crippen LogP contribution in [0.2, 0.25) is 0 Å². The Hall–Kier alpha value is -1.68. The van der Waals surface area contributed by atoms with Gasteiger partial charge < -0.3 is 10.3 Å². The average Bonchev–Trinajstić information content (AvgIpc) is 2.78. The molecule has 1 unspecified atom stereocenters. The van der Waals surface area contributed by atoms with Crippen LogP contribution in [0.5, 0.6) is 0 Å². The van der Waals surface area contributed by atoms with Gasteiger partial charge in [0.05, 0.1) is 6.33 Å². The fraction of sp³-hybridized carbons (Fsp3) is 0.400. The molecular formula is C15H20FN3. The van der Waals surface area contributed by atoms with Crippen molar-refractivity contribution in [1.29, 1.82) is 0 Å². The molecule has 1 heterocycles. The first kappa shape index (κ1) is 13.7. The third-order valence-corrected chi connectivity index (χ3v) is 3.52. The van der Waals surface area contributed by atoms with Crippen molar-refractivity contribution >= 4 is 0 Å². The topological polar surface area (TPSA) is 43.8 Å². The number of nitrogens with two attached hydrogens (primary N) is 1. The lowest BCUT2D eigenvalue weighted by molar-refractivity contribution is 0.489. The molecule has 0 fully saturated rings. The van der Waals surface area contributed by atoms with E-state index in [9.17, 15) is 4.39 Å². The van der Waals surface area contributed by atoms with Gasteiger partial charge in [-0.1, -0.05) is 13.8 Å². The van der Waals surface area contributed by atoms with Crippen molar-refractivity contribution < 1.29 is 4.39 Å². The minimum Gasteiger partial charge on any atom is -0.330 e. The lowest BCUT2D eigenvalue weighted by atomic mass is 9.92. The van der Waals surface area contributed by atoms with E-state index in [0.29, 0.717) is 12.5 Å². The summed E-state index contributed by atoms with van der Waals surface area (Å²) in [5.74, 6) is 0.454. The van der Waals surface area contributed by atoms with Gasteiger partial charge in [0.1, 0.15) is 5.82 Å². The maximum Gasteiger partial charge on any atom is 0.123 e. The summed E-state index contributed by atoms with van der Waals surface area (Å²) in [4.78, 5) is 4.23. The van der Waals surface area contributed by atoms with Crippen molar-refractivity contribution in [2.45, 2.75) is 26.7 Å². The summed E-state index contributed by atoms with van der Waals surface area (Å²) in [6.45, 7) is 6.76. The summed E-state index contributed by atoms with van der Waals surface area (Å²) in [7, 11) is 0. The van der Waals surface area contributed by atoms with E-state index in [1.165, 1.54) is 12.1 Å². The Bertz CT molecular complexity index is 560. The van der Waals surface area contributed by atoms with Crippen molar-refractivity contribution in [1.82, 2.24) is 9.55 Å². The van der Waals surface area contributed by atoms with Gasteiger partial charge in [-0.25, -0.2) is 9.37 Å². The number of rotatable bonds is 4. The first-order valence-corrected chi connectivity index (χ1v) is 6.53. The molecule has 0 amide bonds. The second-order valence-electron chi connectivity index (χ2n) is 5.21. The summed E-state index contributed by atoms with van der Waals surface area (Å²) in [5, 5.41) is 0. The third kappa shape index (κ3) is 2.68. The van der Waals surface area contributed by atoms with Gasteiger partial charge in [0.2, 0.25) is 0 Å². The van der Waals surface area contributed by atoms with E-state index < -0.39 is 0 Å². The van der Waals surface area contributed by atoms with E-state index >= 15 is 0 Å². The van der Waals surface area contributed by atoms with Gasteiger partial charge >= 0.3 is 0 Å². The zero-order valence-corrected chi connectivity index (χ0v) is 11.6. The summed E-state index contributed by atoms with van der Waals surface area (Å²) in [6.07, 6.45) is 3.61. The smallest absolute Gasteiger partial charge is 0.123 e. The molecule has 0 aliphatic heterocycles. The van der Waals surface area contributed by atoms with E-state index in [4.69, 9.17) is 5.73 Å². The SMILES string of the molecule is Cc1cc(F)ccc1-n1cncc1C(CN)C(C)C. The highest BCUT2D eigenvalue weighted by atomic mass is 19.1. The van der Waals surface area contributed by atoms with Crippen LogP contribution in [0, 0.1) is 18.7 Å². The first-order chi connectivity index (χ1) is 9.04. The number of hydrogen-bond donors (Lipinski definition) is 1. The van der Waals surface area contributed by atoms with Crippen LogP contribution in [-0.2, 0) is 0 Å². The van der Waals surface area contributed by atoms with E-state index in [1.807, 2.05) is 17.7 Å². The van der Waals surface area contributed by atoms with E-state index in [2.05, 4.69) is 18.8 Å². The van der Waals surface area contributed by atoms with Crippen LogP contribution in [0.4, 0.5) is 4.39 Å². The zero-order chi connectivity index (χ0) is 14.0. The minimum atomic E-state index is -0.220. The molecule has 19 heavy (non-hydrogen) atoms. The molecule has 4 heteroatoms. The number of hydrogen-bond acceptors (Lipinski definition) is 2. The van der Waals surface area contributed by atoms with Gasteiger partial charge in [0.25, 0.3) is 0 Å². The van der Waals surface area contributed by atoms with E-state index in [0.717, 1.165) is 16.9 Å². The Morgan fingerprint density at radius 1 is 1.37 bits per heavy atom. The van der Waals surface area contributed by atoms with E-state index in [1.54, 1.807) is 12.4 Å². The molecule has 2 N–H and O–H groups in total. The molecule has 0 bridgehead atoms. The first-order valence-electron chi connectivity index (χ1n) is 6.53. The highest BCUT2D eigenvalue weighted by Gasteiger charge is 2.19. The molecule has 102 valence electrons. The Kier molecular flexibility index (Phi) is 4.00. The number of nitrogens with zero attached hydrogens (tertiary/aromatic N) is 2. The quantitative estimate of drug-likeness (QED) is 0.919. The van der Waals surface area contributed by atoms with Gasteiger partial charge in [-0.05, 0) is 36.6 Å². The molecule has 0 aliphatic rings. The molecule has 0 radical (unpaired) electrons. The summed E-state index contributed by atoms with van der Waals surface area (Å²) < 4.78 is 15.2. The largest absolute Gasteiger partial charge is 0.330 e. The highest BCUT2D eigenvalue weighted by molar-refractivity contribution is 5.42. The second kappa shape index (κ2) is 5.53. The lowest BCUT2D eigenvalue weighted by Gasteiger charge is -2.21. The fourth-order valence-corrected chi connectivity index (χ4v) is 2.40. The standard InChI is InChI=1S/C15H20FN3/c1-10(2)13(7-17)15-8-18-9-19(15)14-5-4-12(16)6-11(14)3/h4-6,8-10,13H,7,17H2,1-3H3. The molecule has 2 rings (SSSR count). The molecule has 1 aromatic carbocycles. The molecule has 0 saturated carbocycles. The van der Waals surface area contributed by atoms with Gasteiger partial charge in [-0.3, -0.25) is 0 Å². The van der Waals surface area contributed by atoms with Gasteiger partial charge in [-0.2, -0.15) is 0 Å². The van der Waals surface area contributed by atoms with Crippen molar-refractivity contribution in [3.8, 4) is 5.69 Å². The number of halogens is 1. The number of benzene rings is 1. The predicted molar refractivity (Wildman–Crippen MR) is 74.9 cm³/mol.